The monoisotopic (exact) mass is 269 g/mol. The lowest BCUT2D eigenvalue weighted by atomic mass is 10.1. The summed E-state index contributed by atoms with van der Waals surface area (Å²) in [5.74, 6) is 0.600. The summed E-state index contributed by atoms with van der Waals surface area (Å²) in [5, 5.41) is 3.21. The van der Waals surface area contributed by atoms with Crippen LogP contribution in [0.15, 0.2) is 29.2 Å². The smallest absolute Gasteiger partial charge is 0.177 e. The summed E-state index contributed by atoms with van der Waals surface area (Å²) in [6.07, 6.45) is 3.35. The number of anilines is 1. The van der Waals surface area contributed by atoms with Crippen molar-refractivity contribution in [2.24, 2.45) is 5.92 Å². The van der Waals surface area contributed by atoms with Crippen LogP contribution in [0.1, 0.15) is 12.8 Å². The molecule has 5 heteroatoms. The van der Waals surface area contributed by atoms with E-state index in [1.165, 1.54) is 6.26 Å². The van der Waals surface area contributed by atoms with E-state index in [-0.39, 0.29) is 0 Å². The summed E-state index contributed by atoms with van der Waals surface area (Å²) in [4.78, 5) is 0.368. The molecule has 100 valence electrons. The van der Waals surface area contributed by atoms with Gasteiger partial charge in [-0.05, 0) is 30.9 Å². The van der Waals surface area contributed by atoms with Crippen LogP contribution in [-0.4, -0.2) is 34.4 Å². The van der Waals surface area contributed by atoms with Crippen LogP contribution < -0.4 is 5.32 Å². The molecule has 0 radical (unpaired) electrons. The molecule has 0 spiro atoms. The summed E-state index contributed by atoms with van der Waals surface area (Å²) in [6, 6.07) is 7.03. The summed E-state index contributed by atoms with van der Waals surface area (Å²) < 4.78 is 28.5. The first-order valence-electron chi connectivity index (χ1n) is 6.18. The minimum absolute atomic E-state index is 0.368. The molecule has 0 amide bonds. The molecule has 1 unspecified atom stereocenters. The minimum atomic E-state index is -3.17. The van der Waals surface area contributed by atoms with Crippen LogP contribution in [0.5, 0.6) is 0 Å². The fourth-order valence-corrected chi connectivity index (χ4v) is 3.02. The van der Waals surface area contributed by atoms with Gasteiger partial charge in [0.25, 0.3) is 0 Å². The molecular formula is C13H19NO3S. The predicted octanol–water partition coefficient (Wildman–Crippen LogP) is 1.93. The Hall–Kier alpha value is -1.07. The highest BCUT2D eigenvalue weighted by Gasteiger charge is 2.16. The summed E-state index contributed by atoms with van der Waals surface area (Å²) in [5.41, 5.74) is 0.693. The van der Waals surface area contributed by atoms with Gasteiger partial charge in [0.15, 0.2) is 9.84 Å². The minimum Gasteiger partial charge on any atom is -0.384 e. The number of hydrogen-bond donors (Lipinski definition) is 1. The van der Waals surface area contributed by atoms with Gasteiger partial charge in [0, 0.05) is 26.0 Å². The zero-order chi connectivity index (χ0) is 13.0. The summed E-state index contributed by atoms with van der Waals surface area (Å²) in [6.45, 7) is 2.46. The maximum absolute atomic E-state index is 11.6. The third-order valence-corrected chi connectivity index (χ3v) is 4.33. The van der Waals surface area contributed by atoms with Crippen molar-refractivity contribution in [1.82, 2.24) is 0 Å². The van der Waals surface area contributed by atoms with Gasteiger partial charge in [0.2, 0.25) is 0 Å². The maximum atomic E-state index is 11.6. The largest absolute Gasteiger partial charge is 0.384 e. The maximum Gasteiger partial charge on any atom is 0.177 e. The van der Waals surface area contributed by atoms with Gasteiger partial charge in [-0.3, -0.25) is 0 Å². The highest BCUT2D eigenvalue weighted by atomic mass is 32.2. The van der Waals surface area contributed by atoms with Gasteiger partial charge in [0.1, 0.15) is 0 Å². The van der Waals surface area contributed by atoms with E-state index in [9.17, 15) is 8.42 Å². The molecule has 1 atom stereocenters. The molecule has 1 N–H and O–H groups in total. The van der Waals surface area contributed by atoms with Crippen molar-refractivity contribution in [1.29, 1.82) is 0 Å². The van der Waals surface area contributed by atoms with Crippen LogP contribution in [0, 0.1) is 5.92 Å². The van der Waals surface area contributed by atoms with Crippen LogP contribution >= 0.6 is 0 Å². The third-order valence-electron chi connectivity index (χ3n) is 3.18. The molecule has 1 aliphatic rings. The quantitative estimate of drug-likeness (QED) is 0.887. The van der Waals surface area contributed by atoms with E-state index in [1.54, 1.807) is 12.1 Å². The SMILES string of the molecule is CS(=O)(=O)c1ccccc1NCCC1CCOC1. The molecule has 2 rings (SSSR count). The lowest BCUT2D eigenvalue weighted by molar-refractivity contribution is 0.185. The Kier molecular flexibility index (Phi) is 4.24. The normalized spacial score (nSPS) is 19.9. The highest BCUT2D eigenvalue weighted by Crippen LogP contribution is 2.21. The van der Waals surface area contributed by atoms with E-state index in [4.69, 9.17) is 4.74 Å². The molecule has 4 nitrogen and oxygen atoms in total. The molecule has 18 heavy (non-hydrogen) atoms. The Morgan fingerprint density at radius 1 is 1.39 bits per heavy atom. The number of rotatable bonds is 5. The fraction of sp³-hybridized carbons (Fsp3) is 0.538. The lowest BCUT2D eigenvalue weighted by Crippen LogP contribution is -2.11. The Morgan fingerprint density at radius 3 is 2.83 bits per heavy atom. The van der Waals surface area contributed by atoms with Gasteiger partial charge in [-0.2, -0.15) is 0 Å². The lowest BCUT2D eigenvalue weighted by Gasteiger charge is -2.12. The first-order valence-corrected chi connectivity index (χ1v) is 8.07. The number of ether oxygens (including phenoxy) is 1. The molecule has 0 saturated carbocycles. The van der Waals surface area contributed by atoms with Crippen molar-refractivity contribution in [2.75, 3.05) is 31.3 Å². The van der Waals surface area contributed by atoms with Crippen molar-refractivity contribution >= 4 is 15.5 Å². The standard InChI is InChI=1S/C13H19NO3S/c1-18(15,16)13-5-3-2-4-12(13)14-8-6-11-7-9-17-10-11/h2-5,11,14H,6-10H2,1H3. The van der Waals surface area contributed by atoms with E-state index in [1.807, 2.05) is 12.1 Å². The zero-order valence-corrected chi connectivity index (χ0v) is 11.4. The second-order valence-corrected chi connectivity index (χ2v) is 6.70. The van der Waals surface area contributed by atoms with E-state index in [0.29, 0.717) is 16.5 Å². The second-order valence-electron chi connectivity index (χ2n) is 4.71. The number of para-hydroxylation sites is 1. The summed E-state index contributed by atoms with van der Waals surface area (Å²) >= 11 is 0. The van der Waals surface area contributed by atoms with Crippen molar-refractivity contribution in [3.8, 4) is 0 Å². The van der Waals surface area contributed by atoms with Crippen LogP contribution in [-0.2, 0) is 14.6 Å². The molecule has 1 fully saturated rings. The molecule has 0 aromatic heterocycles. The fourth-order valence-electron chi connectivity index (χ4n) is 2.16. The van der Waals surface area contributed by atoms with Crippen LogP contribution in [0.25, 0.3) is 0 Å². The third kappa shape index (κ3) is 3.46. The first-order chi connectivity index (χ1) is 8.57. The number of sulfone groups is 1. The van der Waals surface area contributed by atoms with Gasteiger partial charge >= 0.3 is 0 Å². The number of nitrogens with one attached hydrogen (secondary N) is 1. The van der Waals surface area contributed by atoms with Crippen LogP contribution in [0.2, 0.25) is 0 Å². The Labute approximate surface area is 108 Å². The van der Waals surface area contributed by atoms with Gasteiger partial charge in [0.05, 0.1) is 10.6 Å². The van der Waals surface area contributed by atoms with Gasteiger partial charge in [-0.1, -0.05) is 12.1 Å². The van der Waals surface area contributed by atoms with Crippen molar-refractivity contribution in [3.63, 3.8) is 0 Å². The van der Waals surface area contributed by atoms with Crippen molar-refractivity contribution in [3.05, 3.63) is 24.3 Å². The van der Waals surface area contributed by atoms with Gasteiger partial charge in [-0.15, -0.1) is 0 Å². The van der Waals surface area contributed by atoms with E-state index in [2.05, 4.69) is 5.32 Å². The van der Waals surface area contributed by atoms with E-state index in [0.717, 1.165) is 32.6 Å². The van der Waals surface area contributed by atoms with E-state index < -0.39 is 9.84 Å². The van der Waals surface area contributed by atoms with Crippen LogP contribution in [0.3, 0.4) is 0 Å². The highest BCUT2D eigenvalue weighted by molar-refractivity contribution is 7.90. The molecule has 1 aromatic rings. The van der Waals surface area contributed by atoms with E-state index >= 15 is 0 Å². The molecule has 1 heterocycles. The Balaban J connectivity index is 1.96. The van der Waals surface area contributed by atoms with Gasteiger partial charge < -0.3 is 10.1 Å². The Bertz CT molecular complexity index is 493. The van der Waals surface area contributed by atoms with Crippen molar-refractivity contribution < 1.29 is 13.2 Å². The Morgan fingerprint density at radius 2 is 2.17 bits per heavy atom. The molecule has 1 aliphatic heterocycles. The number of hydrogen-bond acceptors (Lipinski definition) is 4. The first kappa shape index (κ1) is 13.4. The number of benzene rings is 1. The van der Waals surface area contributed by atoms with Crippen molar-refractivity contribution in [2.45, 2.75) is 17.7 Å². The zero-order valence-electron chi connectivity index (χ0n) is 10.6. The van der Waals surface area contributed by atoms with Gasteiger partial charge in [-0.25, -0.2) is 8.42 Å². The average molecular weight is 269 g/mol. The average Bonchev–Trinajstić information content (AvgIpc) is 2.81. The summed E-state index contributed by atoms with van der Waals surface area (Å²) in [7, 11) is -3.17. The molecule has 1 aromatic carbocycles. The predicted molar refractivity (Wildman–Crippen MR) is 71.6 cm³/mol. The van der Waals surface area contributed by atoms with Crippen LogP contribution in [0.4, 0.5) is 5.69 Å². The second kappa shape index (κ2) is 5.71. The topological polar surface area (TPSA) is 55.4 Å². The molecule has 0 bridgehead atoms. The molecular weight excluding hydrogens is 250 g/mol. The molecule has 0 aliphatic carbocycles. The molecule has 1 saturated heterocycles.